The van der Waals surface area contributed by atoms with Crippen LogP contribution in [-0.2, 0) is 14.3 Å². The monoisotopic (exact) mass is 188 g/mol. The minimum atomic E-state index is -0.711. The van der Waals surface area contributed by atoms with Crippen LogP contribution in [0.2, 0.25) is 0 Å². The van der Waals surface area contributed by atoms with E-state index in [9.17, 15) is 9.59 Å². The Morgan fingerprint density at radius 3 is 2.38 bits per heavy atom. The Balaban J connectivity index is 0.000000226. The van der Waals surface area contributed by atoms with Crippen LogP contribution in [0.4, 0.5) is 0 Å². The number of carboxylic acids is 1. The van der Waals surface area contributed by atoms with E-state index in [0.717, 1.165) is 19.3 Å². The van der Waals surface area contributed by atoms with Crippen LogP contribution in [0, 0.1) is 0 Å². The number of carbonyl (C=O) groups is 2. The van der Waals surface area contributed by atoms with Crippen molar-refractivity contribution in [2.24, 2.45) is 0 Å². The lowest BCUT2D eigenvalue weighted by atomic mass is 10.2. The van der Waals surface area contributed by atoms with E-state index in [1.54, 1.807) is 0 Å². The molecule has 0 radical (unpaired) electrons. The standard InChI is InChI=1S/C5H8O2.C4H8O2/c6-5-3-1-2-4-7-5;1-2-3-4(5)6/h1-4H2;2-3H2,1H3,(H,5,6). The molecule has 13 heavy (non-hydrogen) atoms. The molecule has 1 rings (SSSR count). The van der Waals surface area contributed by atoms with E-state index in [4.69, 9.17) is 5.11 Å². The molecule has 76 valence electrons. The van der Waals surface area contributed by atoms with Crippen molar-refractivity contribution in [1.82, 2.24) is 0 Å². The zero-order valence-corrected chi connectivity index (χ0v) is 7.91. The van der Waals surface area contributed by atoms with Gasteiger partial charge in [0.1, 0.15) is 0 Å². The van der Waals surface area contributed by atoms with Crippen molar-refractivity contribution >= 4 is 11.9 Å². The summed E-state index contributed by atoms with van der Waals surface area (Å²) in [4.78, 5) is 19.8. The lowest BCUT2D eigenvalue weighted by Crippen LogP contribution is -2.10. The fraction of sp³-hybridized carbons (Fsp3) is 0.778. The smallest absolute Gasteiger partial charge is 0.305 e. The van der Waals surface area contributed by atoms with Crippen LogP contribution in [-0.4, -0.2) is 23.7 Å². The Hall–Kier alpha value is -1.06. The van der Waals surface area contributed by atoms with Gasteiger partial charge in [0.15, 0.2) is 0 Å². The number of cyclic esters (lactones) is 1. The summed E-state index contributed by atoms with van der Waals surface area (Å²) in [5.41, 5.74) is 0. The molecular formula is C9H16O4. The van der Waals surface area contributed by atoms with Gasteiger partial charge in [-0.15, -0.1) is 0 Å². The maximum absolute atomic E-state index is 10.2. The van der Waals surface area contributed by atoms with Crippen molar-refractivity contribution < 1.29 is 19.4 Å². The van der Waals surface area contributed by atoms with Crippen molar-refractivity contribution in [2.45, 2.75) is 39.0 Å². The van der Waals surface area contributed by atoms with Crippen LogP contribution in [0.5, 0.6) is 0 Å². The second-order valence-electron chi connectivity index (χ2n) is 2.82. The Bertz CT molecular complexity index is 157. The predicted molar refractivity (Wildman–Crippen MR) is 47.4 cm³/mol. The lowest BCUT2D eigenvalue weighted by molar-refractivity contribution is -0.146. The van der Waals surface area contributed by atoms with Gasteiger partial charge in [-0.2, -0.15) is 0 Å². The van der Waals surface area contributed by atoms with Crippen LogP contribution >= 0.6 is 0 Å². The second-order valence-corrected chi connectivity index (χ2v) is 2.82. The van der Waals surface area contributed by atoms with Gasteiger partial charge in [-0.1, -0.05) is 6.92 Å². The summed E-state index contributed by atoms with van der Waals surface area (Å²) >= 11 is 0. The van der Waals surface area contributed by atoms with Crippen molar-refractivity contribution in [3.8, 4) is 0 Å². The van der Waals surface area contributed by atoms with Gasteiger partial charge in [0, 0.05) is 12.8 Å². The molecule has 4 nitrogen and oxygen atoms in total. The van der Waals surface area contributed by atoms with E-state index in [0.29, 0.717) is 19.4 Å². The largest absolute Gasteiger partial charge is 0.481 e. The number of hydrogen-bond donors (Lipinski definition) is 1. The van der Waals surface area contributed by atoms with Gasteiger partial charge < -0.3 is 9.84 Å². The fourth-order valence-corrected chi connectivity index (χ4v) is 0.843. The van der Waals surface area contributed by atoms with Gasteiger partial charge in [0.05, 0.1) is 6.61 Å². The minimum absolute atomic E-state index is 0.0359. The first kappa shape index (κ1) is 11.9. The lowest BCUT2D eigenvalue weighted by Gasteiger charge is -2.08. The maximum atomic E-state index is 10.2. The molecule has 1 fully saturated rings. The molecule has 0 bridgehead atoms. The first-order valence-corrected chi connectivity index (χ1v) is 4.54. The topological polar surface area (TPSA) is 63.6 Å². The quantitative estimate of drug-likeness (QED) is 0.668. The Morgan fingerprint density at radius 1 is 1.54 bits per heavy atom. The summed E-state index contributed by atoms with van der Waals surface area (Å²) in [5.74, 6) is -0.747. The van der Waals surface area contributed by atoms with Gasteiger partial charge >= 0.3 is 11.9 Å². The third kappa shape index (κ3) is 8.85. The van der Waals surface area contributed by atoms with E-state index in [-0.39, 0.29) is 5.97 Å². The first-order chi connectivity index (χ1) is 6.16. The van der Waals surface area contributed by atoms with Gasteiger partial charge in [0.2, 0.25) is 0 Å². The van der Waals surface area contributed by atoms with Crippen molar-refractivity contribution in [1.29, 1.82) is 0 Å². The molecule has 0 atom stereocenters. The normalized spacial score (nSPS) is 15.3. The van der Waals surface area contributed by atoms with Crippen LogP contribution in [0.3, 0.4) is 0 Å². The zero-order chi connectivity index (χ0) is 10.1. The minimum Gasteiger partial charge on any atom is -0.481 e. The number of carbonyl (C=O) groups excluding carboxylic acids is 1. The first-order valence-electron chi connectivity index (χ1n) is 4.54. The molecule has 1 heterocycles. The van der Waals surface area contributed by atoms with Gasteiger partial charge in [-0.05, 0) is 19.3 Å². The van der Waals surface area contributed by atoms with Crippen LogP contribution < -0.4 is 0 Å². The number of carboxylic acid groups (broad SMARTS) is 1. The van der Waals surface area contributed by atoms with Crippen molar-refractivity contribution in [3.05, 3.63) is 0 Å². The third-order valence-corrected chi connectivity index (χ3v) is 1.50. The number of rotatable bonds is 2. The molecule has 0 aromatic carbocycles. The predicted octanol–water partition coefficient (Wildman–Crippen LogP) is 1.58. The summed E-state index contributed by atoms with van der Waals surface area (Å²) in [6, 6.07) is 0. The molecule has 0 spiro atoms. The molecular weight excluding hydrogens is 172 g/mol. The summed E-state index contributed by atoms with van der Waals surface area (Å²) < 4.78 is 4.64. The number of esters is 1. The third-order valence-electron chi connectivity index (χ3n) is 1.50. The number of ether oxygens (including phenoxy) is 1. The SMILES string of the molecule is CCCC(=O)O.O=C1CCCCO1. The molecule has 0 amide bonds. The van der Waals surface area contributed by atoms with Gasteiger partial charge in [0.25, 0.3) is 0 Å². The molecule has 1 N–H and O–H groups in total. The summed E-state index contributed by atoms with van der Waals surface area (Å²) in [6.45, 7) is 2.48. The molecule has 4 heteroatoms. The summed E-state index contributed by atoms with van der Waals surface area (Å²) in [5, 5.41) is 7.91. The highest BCUT2D eigenvalue weighted by atomic mass is 16.5. The highest BCUT2D eigenvalue weighted by molar-refractivity contribution is 5.69. The van der Waals surface area contributed by atoms with Crippen molar-refractivity contribution in [2.75, 3.05) is 6.61 Å². The molecule has 0 saturated carbocycles. The number of hydrogen-bond acceptors (Lipinski definition) is 3. The molecule has 0 aromatic rings. The van der Waals surface area contributed by atoms with Gasteiger partial charge in [-0.3, -0.25) is 9.59 Å². The average Bonchev–Trinajstić information content (AvgIpc) is 2.06. The molecule has 1 aliphatic heterocycles. The average molecular weight is 188 g/mol. The van der Waals surface area contributed by atoms with Crippen LogP contribution in [0.15, 0.2) is 0 Å². The summed E-state index contributed by atoms with van der Waals surface area (Å²) in [6.07, 6.45) is 3.71. The molecule has 1 aliphatic rings. The molecule has 0 aliphatic carbocycles. The zero-order valence-electron chi connectivity index (χ0n) is 7.91. The van der Waals surface area contributed by atoms with E-state index in [1.807, 2.05) is 6.92 Å². The highest BCUT2D eigenvalue weighted by Crippen LogP contribution is 2.04. The van der Waals surface area contributed by atoms with E-state index in [2.05, 4.69) is 4.74 Å². The summed E-state index contributed by atoms with van der Waals surface area (Å²) in [7, 11) is 0. The van der Waals surface area contributed by atoms with E-state index < -0.39 is 5.97 Å². The van der Waals surface area contributed by atoms with Gasteiger partial charge in [-0.25, -0.2) is 0 Å². The highest BCUT2D eigenvalue weighted by Gasteiger charge is 2.06. The molecule has 0 aromatic heterocycles. The van der Waals surface area contributed by atoms with Crippen LogP contribution in [0.1, 0.15) is 39.0 Å². The molecule has 1 saturated heterocycles. The van der Waals surface area contributed by atoms with Crippen molar-refractivity contribution in [3.63, 3.8) is 0 Å². The van der Waals surface area contributed by atoms with E-state index in [1.165, 1.54) is 0 Å². The second kappa shape index (κ2) is 7.58. The van der Waals surface area contributed by atoms with Crippen LogP contribution in [0.25, 0.3) is 0 Å². The van der Waals surface area contributed by atoms with E-state index >= 15 is 0 Å². The maximum Gasteiger partial charge on any atom is 0.305 e. The fourth-order valence-electron chi connectivity index (χ4n) is 0.843. The Kier molecular flexibility index (Phi) is 6.96. The number of aliphatic carboxylic acids is 1. The Morgan fingerprint density at radius 2 is 2.23 bits per heavy atom. The Labute approximate surface area is 77.9 Å². The molecule has 0 unspecified atom stereocenters.